The van der Waals surface area contributed by atoms with E-state index in [-0.39, 0.29) is 29.7 Å². The van der Waals surface area contributed by atoms with Crippen molar-refractivity contribution in [2.24, 2.45) is 0 Å². The summed E-state index contributed by atoms with van der Waals surface area (Å²) in [5.41, 5.74) is -0.692. The summed E-state index contributed by atoms with van der Waals surface area (Å²) >= 11 is 0. The van der Waals surface area contributed by atoms with Crippen LogP contribution in [-0.4, -0.2) is 10.8 Å². The van der Waals surface area contributed by atoms with E-state index in [0.717, 1.165) is 12.1 Å². The van der Waals surface area contributed by atoms with Crippen molar-refractivity contribution in [1.29, 1.82) is 5.26 Å². The van der Waals surface area contributed by atoms with E-state index < -0.39 is 23.6 Å². The van der Waals surface area contributed by atoms with Crippen molar-refractivity contribution in [3.05, 3.63) is 59.0 Å². The van der Waals surface area contributed by atoms with Crippen molar-refractivity contribution in [3.8, 4) is 28.8 Å². The highest BCUT2D eigenvalue weighted by Gasteiger charge is 2.31. The molecular formula is C18H12F3N3O3. The number of aromatic nitrogens is 2. The number of benzene rings is 1. The Balaban J connectivity index is 2.25. The van der Waals surface area contributed by atoms with Gasteiger partial charge in [-0.3, -0.25) is 0 Å². The number of nitriles is 1. The van der Waals surface area contributed by atoms with Crippen LogP contribution in [0.4, 0.5) is 13.2 Å². The van der Waals surface area contributed by atoms with Crippen LogP contribution < -0.4 is 20.0 Å². The minimum atomic E-state index is -4.90. The maximum absolute atomic E-state index is 12.9. The molecule has 27 heavy (non-hydrogen) atoms. The number of hydrogen-bond donors (Lipinski definition) is 0. The maximum atomic E-state index is 12.9. The molecule has 2 aromatic heterocycles. The SMILES string of the molecule is N#CCC[n+]1c([O-])c(-c2cccc(OC(F)(F)F)c2)c(=O)n2ccccc21. The number of alkyl halides is 3. The molecular weight excluding hydrogens is 363 g/mol. The highest BCUT2D eigenvalue weighted by atomic mass is 19.4. The van der Waals surface area contributed by atoms with E-state index in [2.05, 4.69) is 4.74 Å². The number of halogens is 3. The summed E-state index contributed by atoms with van der Waals surface area (Å²) in [6, 6.07) is 11.4. The molecule has 0 unspecified atom stereocenters. The van der Waals surface area contributed by atoms with Crippen molar-refractivity contribution >= 4 is 5.65 Å². The molecule has 0 atom stereocenters. The van der Waals surface area contributed by atoms with Gasteiger partial charge in [-0.25, -0.2) is 9.36 Å². The highest BCUT2D eigenvalue weighted by molar-refractivity contribution is 5.68. The Labute approximate surface area is 150 Å². The van der Waals surface area contributed by atoms with Crippen LogP contribution in [0, 0.1) is 11.3 Å². The number of pyridine rings is 1. The Morgan fingerprint density at radius 2 is 2.00 bits per heavy atom. The second-order valence-electron chi connectivity index (χ2n) is 5.55. The summed E-state index contributed by atoms with van der Waals surface area (Å²) in [5.74, 6) is -1.23. The molecule has 0 radical (unpaired) electrons. The van der Waals surface area contributed by atoms with E-state index >= 15 is 0 Å². The van der Waals surface area contributed by atoms with Crippen LogP contribution in [0.25, 0.3) is 16.8 Å². The van der Waals surface area contributed by atoms with Gasteiger partial charge in [0.05, 0.1) is 24.6 Å². The van der Waals surface area contributed by atoms with Crippen LogP contribution >= 0.6 is 0 Å². The lowest BCUT2D eigenvalue weighted by Crippen LogP contribution is -2.43. The topological polar surface area (TPSA) is 81.4 Å². The normalized spacial score (nSPS) is 11.3. The molecule has 1 aromatic carbocycles. The van der Waals surface area contributed by atoms with Crippen molar-refractivity contribution in [1.82, 2.24) is 4.40 Å². The van der Waals surface area contributed by atoms with Gasteiger partial charge in [0, 0.05) is 6.07 Å². The van der Waals surface area contributed by atoms with Gasteiger partial charge < -0.3 is 9.84 Å². The zero-order valence-corrected chi connectivity index (χ0v) is 13.7. The van der Waals surface area contributed by atoms with Gasteiger partial charge in [-0.1, -0.05) is 18.2 Å². The van der Waals surface area contributed by atoms with Crippen LogP contribution in [-0.2, 0) is 6.54 Å². The van der Waals surface area contributed by atoms with E-state index in [1.165, 1.54) is 27.3 Å². The first kappa shape index (κ1) is 18.3. The molecule has 0 saturated heterocycles. The van der Waals surface area contributed by atoms with Gasteiger partial charge in [0.2, 0.25) is 0 Å². The first-order chi connectivity index (χ1) is 12.8. The van der Waals surface area contributed by atoms with Crippen molar-refractivity contribution in [2.75, 3.05) is 0 Å². The van der Waals surface area contributed by atoms with Crippen LogP contribution in [0.15, 0.2) is 53.5 Å². The molecule has 138 valence electrons. The molecule has 0 fully saturated rings. The van der Waals surface area contributed by atoms with Crippen molar-refractivity contribution < 1.29 is 27.6 Å². The number of fused-ring (bicyclic) bond motifs is 1. The fourth-order valence-electron chi connectivity index (χ4n) is 2.75. The van der Waals surface area contributed by atoms with E-state index in [1.807, 2.05) is 6.07 Å². The molecule has 0 N–H and O–H groups in total. The Kier molecular flexibility index (Phi) is 4.73. The summed E-state index contributed by atoms with van der Waals surface area (Å²) in [6.45, 7) is 0.0366. The Hall–Kier alpha value is -3.54. The average Bonchev–Trinajstić information content (AvgIpc) is 2.61. The third-order valence-electron chi connectivity index (χ3n) is 3.81. The summed E-state index contributed by atoms with van der Waals surface area (Å²) in [4.78, 5) is 12.8. The number of aryl methyl sites for hydroxylation is 1. The molecule has 0 spiro atoms. The van der Waals surface area contributed by atoms with E-state index in [1.54, 1.807) is 18.2 Å². The quantitative estimate of drug-likeness (QED) is 0.655. The number of hydrogen-bond acceptors (Lipinski definition) is 4. The van der Waals surface area contributed by atoms with Crippen molar-refractivity contribution in [3.63, 3.8) is 0 Å². The van der Waals surface area contributed by atoms with Crippen molar-refractivity contribution in [2.45, 2.75) is 19.3 Å². The largest absolute Gasteiger partial charge is 0.842 e. The van der Waals surface area contributed by atoms with Crippen LogP contribution in [0.2, 0.25) is 0 Å². The molecule has 6 nitrogen and oxygen atoms in total. The third kappa shape index (κ3) is 3.69. The molecule has 3 aromatic rings. The van der Waals surface area contributed by atoms with Gasteiger partial charge in [0.15, 0.2) is 0 Å². The lowest BCUT2D eigenvalue weighted by molar-refractivity contribution is -0.714. The molecule has 0 aliphatic rings. The molecule has 0 saturated carbocycles. The Bertz CT molecular complexity index is 1100. The summed E-state index contributed by atoms with van der Waals surface area (Å²) in [7, 11) is 0. The minimum absolute atomic E-state index is 0.00397. The van der Waals surface area contributed by atoms with Crippen LogP contribution in [0.1, 0.15) is 6.42 Å². The van der Waals surface area contributed by atoms with Gasteiger partial charge in [-0.2, -0.15) is 9.66 Å². The fourth-order valence-corrected chi connectivity index (χ4v) is 2.75. The summed E-state index contributed by atoms with van der Waals surface area (Å²) in [5, 5.41) is 21.7. The average molecular weight is 375 g/mol. The molecule has 3 rings (SSSR count). The highest BCUT2D eigenvalue weighted by Crippen LogP contribution is 2.28. The predicted octanol–water partition coefficient (Wildman–Crippen LogP) is 2.14. The first-order valence-corrected chi connectivity index (χ1v) is 7.79. The zero-order valence-electron chi connectivity index (χ0n) is 13.7. The van der Waals surface area contributed by atoms with Crippen LogP contribution in [0.3, 0.4) is 0 Å². The monoisotopic (exact) mass is 375 g/mol. The Morgan fingerprint density at radius 3 is 2.70 bits per heavy atom. The molecule has 0 aliphatic heterocycles. The lowest BCUT2D eigenvalue weighted by atomic mass is 10.1. The van der Waals surface area contributed by atoms with Gasteiger partial charge in [-0.15, -0.1) is 13.2 Å². The van der Waals surface area contributed by atoms with Crippen LogP contribution in [0.5, 0.6) is 11.6 Å². The predicted molar refractivity (Wildman–Crippen MR) is 85.7 cm³/mol. The number of rotatable bonds is 4. The molecule has 9 heteroatoms. The zero-order chi connectivity index (χ0) is 19.6. The van der Waals surface area contributed by atoms with E-state index in [0.29, 0.717) is 0 Å². The standard InChI is InChI=1S/C18H12F3N3O3/c19-18(20,21)27-13-6-3-5-12(11-13)15-16(25)23-9-2-1-7-14(23)24(17(15)26)10-4-8-22/h1-3,5-7,9,11H,4,10H2. The molecule has 0 aliphatic carbocycles. The first-order valence-electron chi connectivity index (χ1n) is 7.79. The second kappa shape index (κ2) is 6.99. The molecule has 2 heterocycles. The van der Waals surface area contributed by atoms with E-state index in [4.69, 9.17) is 5.26 Å². The fraction of sp³-hybridized carbons (Fsp3) is 0.167. The van der Waals surface area contributed by atoms with Gasteiger partial charge in [0.1, 0.15) is 17.9 Å². The molecule has 0 amide bonds. The lowest BCUT2D eigenvalue weighted by Gasteiger charge is -2.17. The summed E-state index contributed by atoms with van der Waals surface area (Å²) in [6.07, 6.45) is -3.43. The number of nitrogens with zero attached hydrogens (tertiary/aromatic N) is 3. The maximum Gasteiger partial charge on any atom is 0.573 e. The van der Waals surface area contributed by atoms with Gasteiger partial charge in [-0.05, 0) is 23.8 Å². The van der Waals surface area contributed by atoms with Gasteiger partial charge >= 0.3 is 11.9 Å². The van der Waals surface area contributed by atoms with Gasteiger partial charge in [0.25, 0.3) is 5.65 Å². The Morgan fingerprint density at radius 1 is 1.22 bits per heavy atom. The third-order valence-corrected chi connectivity index (χ3v) is 3.81. The summed E-state index contributed by atoms with van der Waals surface area (Å²) < 4.78 is 43.7. The molecule has 0 bridgehead atoms. The minimum Gasteiger partial charge on any atom is -0.842 e. The smallest absolute Gasteiger partial charge is 0.573 e. The van der Waals surface area contributed by atoms with E-state index in [9.17, 15) is 23.1 Å². The number of ether oxygens (including phenoxy) is 1. The second-order valence-corrected chi connectivity index (χ2v) is 5.55.